The molecule has 1 aromatic rings. The average molecular weight is 345 g/mol. The first-order valence-corrected chi connectivity index (χ1v) is 7.77. The molecule has 0 amide bonds. The van der Waals surface area contributed by atoms with Gasteiger partial charge in [-0.15, -0.1) is 13.2 Å². The molecule has 0 radical (unpaired) electrons. The van der Waals surface area contributed by atoms with Crippen molar-refractivity contribution in [1.29, 1.82) is 0 Å². The molecule has 0 spiro atoms. The van der Waals surface area contributed by atoms with Crippen molar-refractivity contribution in [1.82, 2.24) is 4.72 Å². The van der Waals surface area contributed by atoms with E-state index in [9.17, 15) is 31.1 Å². The highest BCUT2D eigenvalue weighted by Crippen LogP contribution is 2.31. The van der Waals surface area contributed by atoms with Crippen LogP contribution in [0.5, 0.6) is 5.75 Å². The zero-order valence-electron chi connectivity index (χ0n) is 11.5. The van der Waals surface area contributed by atoms with Gasteiger partial charge >= 0.3 is 6.36 Å². The number of aliphatic hydroxyl groups is 1. The number of hydrogen-bond acceptors (Lipinski definition) is 4. The number of halogens is 4. The molecular formula is C12H15F4NO4S. The van der Waals surface area contributed by atoms with E-state index in [1.54, 1.807) is 6.92 Å². The maximum absolute atomic E-state index is 13.7. The van der Waals surface area contributed by atoms with Gasteiger partial charge < -0.3 is 9.84 Å². The Labute approximate surface area is 125 Å². The van der Waals surface area contributed by atoms with Crippen LogP contribution in [0.1, 0.15) is 19.8 Å². The number of hydrogen-bond donors (Lipinski definition) is 2. The minimum absolute atomic E-state index is 0.0413. The molecule has 0 bridgehead atoms. The smallest absolute Gasteiger partial charge is 0.404 e. The summed E-state index contributed by atoms with van der Waals surface area (Å²) >= 11 is 0. The van der Waals surface area contributed by atoms with Crippen LogP contribution in [0.25, 0.3) is 0 Å². The fourth-order valence-electron chi connectivity index (χ4n) is 1.59. The van der Waals surface area contributed by atoms with E-state index in [4.69, 9.17) is 0 Å². The van der Waals surface area contributed by atoms with Crippen molar-refractivity contribution in [2.24, 2.45) is 0 Å². The van der Waals surface area contributed by atoms with Gasteiger partial charge in [-0.25, -0.2) is 17.5 Å². The predicted molar refractivity (Wildman–Crippen MR) is 69.2 cm³/mol. The van der Waals surface area contributed by atoms with Gasteiger partial charge in [0, 0.05) is 6.54 Å². The minimum atomic E-state index is -5.16. The first kappa shape index (κ1) is 18.7. The van der Waals surface area contributed by atoms with Crippen LogP contribution in [0.15, 0.2) is 23.1 Å². The standard InChI is InChI=1S/C12H15F4NO4S/c1-2-8(18)6-7-17-22(19,20)11-9(13)4-3-5-10(11)21-12(14,15)16/h3-5,8,17-18H,2,6-7H2,1H3. The molecule has 1 unspecified atom stereocenters. The molecular weight excluding hydrogens is 330 g/mol. The highest BCUT2D eigenvalue weighted by molar-refractivity contribution is 7.89. The summed E-state index contributed by atoms with van der Waals surface area (Å²) in [5, 5.41) is 9.31. The van der Waals surface area contributed by atoms with E-state index in [2.05, 4.69) is 4.74 Å². The Morgan fingerprint density at radius 3 is 2.55 bits per heavy atom. The van der Waals surface area contributed by atoms with E-state index in [-0.39, 0.29) is 13.0 Å². The van der Waals surface area contributed by atoms with Crippen molar-refractivity contribution in [3.05, 3.63) is 24.0 Å². The fourth-order valence-corrected chi connectivity index (χ4v) is 2.82. The van der Waals surface area contributed by atoms with Crippen molar-refractivity contribution >= 4 is 10.0 Å². The van der Waals surface area contributed by atoms with Crippen LogP contribution in [0.3, 0.4) is 0 Å². The fraction of sp³-hybridized carbons (Fsp3) is 0.500. The second kappa shape index (κ2) is 7.25. The Hall–Kier alpha value is -1.39. The van der Waals surface area contributed by atoms with Crippen LogP contribution in [-0.2, 0) is 10.0 Å². The first-order chi connectivity index (χ1) is 10.1. The summed E-state index contributed by atoms with van der Waals surface area (Å²) in [6.07, 6.45) is -5.51. The van der Waals surface area contributed by atoms with Crippen LogP contribution in [0, 0.1) is 5.82 Å². The zero-order valence-corrected chi connectivity index (χ0v) is 12.3. The number of rotatable bonds is 7. The maximum Gasteiger partial charge on any atom is 0.573 e. The molecule has 0 aromatic heterocycles. The molecule has 5 nitrogen and oxygen atoms in total. The van der Waals surface area contributed by atoms with Crippen molar-refractivity contribution in [3.63, 3.8) is 0 Å². The summed E-state index contributed by atoms with van der Waals surface area (Å²) in [5.41, 5.74) is 0. The second-order valence-corrected chi connectivity index (χ2v) is 6.07. The monoisotopic (exact) mass is 345 g/mol. The SMILES string of the molecule is CCC(O)CCNS(=O)(=O)c1c(F)cccc1OC(F)(F)F. The Kier molecular flexibility index (Phi) is 6.15. The Bertz CT molecular complexity index is 604. The highest BCUT2D eigenvalue weighted by Gasteiger charge is 2.35. The molecule has 126 valence electrons. The summed E-state index contributed by atoms with van der Waals surface area (Å²) < 4.78 is 79.8. The number of aliphatic hydroxyl groups excluding tert-OH is 1. The molecule has 1 aromatic carbocycles. The van der Waals surface area contributed by atoms with Crippen molar-refractivity contribution in [3.8, 4) is 5.75 Å². The third-order valence-corrected chi connectivity index (χ3v) is 4.18. The van der Waals surface area contributed by atoms with Crippen LogP contribution in [0.4, 0.5) is 17.6 Å². The van der Waals surface area contributed by atoms with Crippen LogP contribution in [-0.4, -0.2) is 32.5 Å². The van der Waals surface area contributed by atoms with E-state index < -0.39 is 39.0 Å². The summed E-state index contributed by atoms with van der Waals surface area (Å²) in [4.78, 5) is -1.22. The van der Waals surface area contributed by atoms with Gasteiger partial charge in [0.15, 0.2) is 10.6 Å². The molecule has 0 saturated carbocycles. The lowest BCUT2D eigenvalue weighted by Gasteiger charge is -2.15. The van der Waals surface area contributed by atoms with Crippen molar-refractivity contribution in [2.75, 3.05) is 6.54 Å². The number of sulfonamides is 1. The third-order valence-electron chi connectivity index (χ3n) is 2.67. The highest BCUT2D eigenvalue weighted by atomic mass is 32.2. The summed E-state index contributed by atoms with van der Waals surface area (Å²) in [5.74, 6) is -2.53. The van der Waals surface area contributed by atoms with Crippen molar-refractivity contribution in [2.45, 2.75) is 37.1 Å². The predicted octanol–water partition coefficient (Wildman–Crippen LogP) is 2.16. The van der Waals surface area contributed by atoms with E-state index in [1.165, 1.54) is 0 Å². The first-order valence-electron chi connectivity index (χ1n) is 6.29. The van der Waals surface area contributed by atoms with E-state index in [0.717, 1.165) is 6.07 Å². The lowest BCUT2D eigenvalue weighted by atomic mass is 10.2. The van der Waals surface area contributed by atoms with Gasteiger partial charge in [-0.3, -0.25) is 0 Å². The zero-order chi connectivity index (χ0) is 17.0. The number of alkyl halides is 3. The lowest BCUT2D eigenvalue weighted by molar-refractivity contribution is -0.275. The van der Waals surface area contributed by atoms with E-state index >= 15 is 0 Å². The molecule has 0 aliphatic heterocycles. The second-order valence-electron chi connectivity index (χ2n) is 4.36. The summed E-state index contributed by atoms with van der Waals surface area (Å²) in [6, 6.07) is 2.31. The number of nitrogens with one attached hydrogen (secondary N) is 1. The summed E-state index contributed by atoms with van der Waals surface area (Å²) in [6.45, 7) is 1.42. The van der Waals surface area contributed by atoms with Gasteiger partial charge in [0.05, 0.1) is 6.10 Å². The number of benzene rings is 1. The Morgan fingerprint density at radius 2 is 2.00 bits per heavy atom. The van der Waals surface area contributed by atoms with Gasteiger partial charge in [0.25, 0.3) is 0 Å². The van der Waals surface area contributed by atoms with E-state index in [1.807, 2.05) is 4.72 Å². The lowest BCUT2D eigenvalue weighted by Crippen LogP contribution is -2.29. The quantitative estimate of drug-likeness (QED) is 0.743. The van der Waals surface area contributed by atoms with Gasteiger partial charge in [-0.1, -0.05) is 13.0 Å². The van der Waals surface area contributed by atoms with Gasteiger partial charge in [-0.2, -0.15) is 0 Å². The normalized spacial score (nSPS) is 13.9. The molecule has 0 saturated heterocycles. The topological polar surface area (TPSA) is 75.6 Å². The van der Waals surface area contributed by atoms with Crippen LogP contribution < -0.4 is 9.46 Å². The molecule has 0 heterocycles. The van der Waals surface area contributed by atoms with E-state index in [0.29, 0.717) is 18.6 Å². The largest absolute Gasteiger partial charge is 0.573 e. The maximum atomic E-state index is 13.7. The van der Waals surface area contributed by atoms with Crippen molar-refractivity contribution < 1.29 is 35.8 Å². The molecule has 10 heteroatoms. The third kappa shape index (κ3) is 5.43. The molecule has 2 N–H and O–H groups in total. The molecule has 0 aliphatic rings. The molecule has 0 fully saturated rings. The average Bonchev–Trinajstić information content (AvgIpc) is 2.35. The molecule has 0 aliphatic carbocycles. The Morgan fingerprint density at radius 1 is 1.36 bits per heavy atom. The molecule has 1 atom stereocenters. The van der Waals surface area contributed by atoms with Gasteiger partial charge in [0.1, 0.15) is 5.82 Å². The van der Waals surface area contributed by atoms with Crippen LogP contribution in [0.2, 0.25) is 0 Å². The van der Waals surface area contributed by atoms with Gasteiger partial charge in [-0.05, 0) is 25.0 Å². The van der Waals surface area contributed by atoms with Crippen LogP contribution >= 0.6 is 0 Å². The van der Waals surface area contributed by atoms with Gasteiger partial charge in [0.2, 0.25) is 10.0 Å². The minimum Gasteiger partial charge on any atom is -0.404 e. The molecule has 22 heavy (non-hydrogen) atoms. The Balaban J connectivity index is 3.03. The summed E-state index contributed by atoms with van der Waals surface area (Å²) in [7, 11) is -4.56. The molecule has 1 rings (SSSR count). The number of ether oxygens (including phenoxy) is 1.